The predicted octanol–water partition coefficient (Wildman–Crippen LogP) is 3.88. The third-order valence-electron chi connectivity index (χ3n) is 7.14. The zero-order valence-electron chi connectivity index (χ0n) is 24.3. The van der Waals surface area contributed by atoms with Crippen molar-refractivity contribution in [3.63, 3.8) is 0 Å². The second kappa shape index (κ2) is 13.0. The van der Waals surface area contributed by atoms with Crippen LogP contribution < -0.4 is 4.31 Å². The first-order chi connectivity index (χ1) is 21.4. The first-order valence-corrected chi connectivity index (χ1v) is 15.7. The highest BCUT2D eigenvalue weighted by Gasteiger charge is 2.24. The summed E-state index contributed by atoms with van der Waals surface area (Å²) in [5, 5.41) is 9.76. The standard InChI is InChI=1S/C32H27ClN4O7S/c1-20(38)25-16-28(35-29-17-30(34-18-26(25)29)36(2)45(42,43)19-31(39)40)23-7-4-21(5-8-23)3-6-22-9-10-24(15-27(22)33)32(41)37-11-13-44-14-12-37/h4-5,7-10,15-18H,11-14,19H2,1-2H3,(H,39,40). The number of hydrogen-bond donors (Lipinski definition) is 1. The minimum Gasteiger partial charge on any atom is -0.480 e. The number of ketones is 1. The van der Waals surface area contributed by atoms with Crippen LogP contribution in [0.15, 0.2) is 60.8 Å². The molecule has 1 fully saturated rings. The molecule has 0 saturated carbocycles. The molecule has 13 heteroatoms. The van der Waals surface area contributed by atoms with E-state index in [1.54, 1.807) is 53.4 Å². The molecule has 45 heavy (non-hydrogen) atoms. The lowest BCUT2D eigenvalue weighted by molar-refractivity contribution is -0.134. The number of ether oxygens (including phenoxy) is 1. The van der Waals surface area contributed by atoms with Gasteiger partial charge in [-0.25, -0.2) is 18.4 Å². The van der Waals surface area contributed by atoms with Crippen LogP contribution in [0, 0.1) is 11.8 Å². The third kappa shape index (κ3) is 7.12. The van der Waals surface area contributed by atoms with Gasteiger partial charge in [-0.3, -0.25) is 18.7 Å². The van der Waals surface area contributed by atoms with Gasteiger partial charge < -0.3 is 14.7 Å². The molecule has 0 unspecified atom stereocenters. The van der Waals surface area contributed by atoms with Gasteiger partial charge in [0.1, 0.15) is 5.82 Å². The molecule has 11 nitrogen and oxygen atoms in total. The minimum atomic E-state index is -4.18. The Morgan fingerprint density at radius 2 is 1.76 bits per heavy atom. The van der Waals surface area contributed by atoms with Crippen LogP contribution in [0.25, 0.3) is 22.2 Å². The van der Waals surface area contributed by atoms with Crippen LogP contribution in [0.5, 0.6) is 0 Å². The van der Waals surface area contributed by atoms with Crippen LogP contribution >= 0.6 is 11.6 Å². The molecule has 3 heterocycles. The van der Waals surface area contributed by atoms with Crippen molar-refractivity contribution in [1.29, 1.82) is 0 Å². The van der Waals surface area contributed by atoms with E-state index in [1.165, 1.54) is 26.2 Å². The molecule has 1 amide bonds. The molecule has 1 N–H and O–H groups in total. The summed E-state index contributed by atoms with van der Waals surface area (Å²) in [6, 6.07) is 15.2. The van der Waals surface area contributed by atoms with Crippen molar-refractivity contribution >= 4 is 56.0 Å². The lowest BCUT2D eigenvalue weighted by atomic mass is 10.0. The molecule has 2 aromatic heterocycles. The van der Waals surface area contributed by atoms with Gasteiger partial charge in [0.2, 0.25) is 10.0 Å². The Morgan fingerprint density at radius 3 is 2.40 bits per heavy atom. The summed E-state index contributed by atoms with van der Waals surface area (Å²) in [5.41, 5.74) is 3.55. The second-order valence-corrected chi connectivity index (χ2v) is 12.6. The topological polar surface area (TPSA) is 147 Å². The number of halogens is 1. The number of pyridine rings is 2. The first-order valence-electron chi connectivity index (χ1n) is 13.7. The van der Waals surface area contributed by atoms with E-state index in [0.717, 1.165) is 4.31 Å². The van der Waals surface area contributed by atoms with Gasteiger partial charge in [-0.15, -0.1) is 0 Å². The lowest BCUT2D eigenvalue weighted by Gasteiger charge is -2.26. The fourth-order valence-corrected chi connectivity index (χ4v) is 5.80. The number of sulfonamides is 1. The number of anilines is 1. The highest BCUT2D eigenvalue weighted by atomic mass is 35.5. The van der Waals surface area contributed by atoms with E-state index in [0.29, 0.717) is 75.7 Å². The first kappa shape index (κ1) is 31.6. The lowest BCUT2D eigenvalue weighted by Crippen LogP contribution is -2.40. The molecule has 1 aliphatic rings. The summed E-state index contributed by atoms with van der Waals surface area (Å²) in [6.45, 7) is 3.50. The van der Waals surface area contributed by atoms with E-state index in [1.807, 2.05) is 0 Å². The van der Waals surface area contributed by atoms with Crippen LogP contribution in [0.3, 0.4) is 0 Å². The molecule has 2 aromatic carbocycles. The summed E-state index contributed by atoms with van der Waals surface area (Å²) in [7, 11) is -2.98. The molecular weight excluding hydrogens is 620 g/mol. The number of carbonyl (C=O) groups is 3. The van der Waals surface area contributed by atoms with Crippen LogP contribution in [0.4, 0.5) is 5.82 Å². The minimum absolute atomic E-state index is 0.0364. The average Bonchev–Trinajstić information content (AvgIpc) is 3.02. The maximum atomic E-state index is 12.7. The number of Topliss-reactive ketones (excluding diaryl/α,β-unsaturated/α-hetero) is 1. The summed E-state index contributed by atoms with van der Waals surface area (Å²) < 4.78 is 30.9. The van der Waals surface area contributed by atoms with E-state index in [9.17, 15) is 22.8 Å². The van der Waals surface area contributed by atoms with Crippen LogP contribution in [-0.4, -0.2) is 85.2 Å². The molecule has 0 spiro atoms. The Kier molecular flexibility index (Phi) is 9.15. The molecule has 0 atom stereocenters. The van der Waals surface area contributed by atoms with E-state index < -0.39 is 21.7 Å². The number of amides is 1. The molecule has 4 aromatic rings. The van der Waals surface area contributed by atoms with Gasteiger partial charge in [-0.1, -0.05) is 35.6 Å². The highest BCUT2D eigenvalue weighted by Crippen LogP contribution is 2.28. The van der Waals surface area contributed by atoms with E-state index in [4.69, 9.17) is 21.4 Å². The Labute approximate surface area is 264 Å². The number of benzene rings is 2. The van der Waals surface area contributed by atoms with Crippen molar-refractivity contribution in [3.8, 4) is 23.1 Å². The normalized spacial score (nSPS) is 13.2. The van der Waals surface area contributed by atoms with Gasteiger partial charge in [-0.2, -0.15) is 0 Å². The van der Waals surface area contributed by atoms with Crippen molar-refractivity contribution in [2.45, 2.75) is 6.92 Å². The van der Waals surface area contributed by atoms with Gasteiger partial charge in [0.15, 0.2) is 11.5 Å². The zero-order valence-corrected chi connectivity index (χ0v) is 25.9. The molecular formula is C32H27ClN4O7S. The van der Waals surface area contributed by atoms with Crippen LogP contribution in [0.1, 0.15) is 38.8 Å². The number of carboxylic acids is 1. The van der Waals surface area contributed by atoms with Gasteiger partial charge in [-0.05, 0) is 43.3 Å². The smallest absolute Gasteiger partial charge is 0.320 e. The number of nitrogens with zero attached hydrogens (tertiary/aromatic N) is 4. The fraction of sp³-hybridized carbons (Fsp3) is 0.219. The molecule has 0 aliphatic carbocycles. The average molecular weight is 647 g/mol. The number of carbonyl (C=O) groups excluding carboxylic acids is 2. The van der Waals surface area contributed by atoms with Crippen molar-refractivity contribution < 1.29 is 32.6 Å². The Bertz CT molecular complexity index is 2000. The van der Waals surface area contributed by atoms with E-state index >= 15 is 0 Å². The SMILES string of the molecule is CC(=O)c1cc(-c2ccc(C#Cc3ccc(C(=O)N4CCOCC4)cc3Cl)cc2)nc2cc(N(C)S(=O)(=O)CC(=O)O)ncc12. The largest absolute Gasteiger partial charge is 0.480 e. The van der Waals surface area contributed by atoms with Gasteiger partial charge in [0.05, 0.1) is 29.4 Å². The molecule has 1 saturated heterocycles. The maximum absolute atomic E-state index is 12.7. The number of aromatic nitrogens is 2. The monoisotopic (exact) mass is 646 g/mol. The number of morpholine rings is 1. The molecule has 230 valence electrons. The summed E-state index contributed by atoms with van der Waals surface area (Å²) in [5.74, 6) is 3.14. The summed E-state index contributed by atoms with van der Waals surface area (Å²) in [4.78, 5) is 46.8. The maximum Gasteiger partial charge on any atom is 0.320 e. The Balaban J connectivity index is 1.40. The number of carboxylic acid groups (broad SMARTS) is 1. The third-order valence-corrected chi connectivity index (χ3v) is 9.09. The van der Waals surface area contributed by atoms with Crippen molar-refractivity contribution in [2.75, 3.05) is 43.4 Å². The van der Waals surface area contributed by atoms with Gasteiger partial charge in [0, 0.05) is 65.6 Å². The quantitative estimate of drug-likeness (QED) is 0.233. The summed E-state index contributed by atoms with van der Waals surface area (Å²) in [6.07, 6.45) is 1.35. The zero-order chi connectivity index (χ0) is 32.3. The van der Waals surface area contributed by atoms with Crippen molar-refractivity contribution in [1.82, 2.24) is 14.9 Å². The van der Waals surface area contributed by atoms with Gasteiger partial charge in [0.25, 0.3) is 5.91 Å². The fourth-order valence-electron chi connectivity index (χ4n) is 4.68. The van der Waals surface area contributed by atoms with Crippen molar-refractivity contribution in [3.05, 3.63) is 88.1 Å². The predicted molar refractivity (Wildman–Crippen MR) is 169 cm³/mol. The number of fused-ring (bicyclic) bond motifs is 1. The number of aliphatic carboxylic acids is 1. The molecule has 0 bridgehead atoms. The van der Waals surface area contributed by atoms with Gasteiger partial charge >= 0.3 is 5.97 Å². The Hall–Kier alpha value is -4.83. The molecule has 1 aliphatic heterocycles. The van der Waals surface area contributed by atoms with Crippen molar-refractivity contribution in [2.24, 2.45) is 0 Å². The van der Waals surface area contributed by atoms with Crippen LogP contribution in [0.2, 0.25) is 5.02 Å². The second-order valence-electron chi connectivity index (χ2n) is 10.2. The van der Waals surface area contributed by atoms with E-state index in [2.05, 4.69) is 21.8 Å². The molecule has 0 radical (unpaired) electrons. The number of rotatable bonds is 7. The highest BCUT2D eigenvalue weighted by molar-refractivity contribution is 7.93. The molecule has 5 rings (SSSR count). The Morgan fingerprint density at radius 1 is 1.04 bits per heavy atom. The van der Waals surface area contributed by atoms with E-state index in [-0.39, 0.29) is 17.5 Å². The van der Waals surface area contributed by atoms with Crippen LogP contribution in [-0.2, 0) is 19.6 Å². The number of hydrogen-bond acceptors (Lipinski definition) is 8. The summed E-state index contributed by atoms with van der Waals surface area (Å²) >= 11 is 6.45.